The van der Waals surface area contributed by atoms with Crippen LogP contribution in [0.5, 0.6) is 0 Å². The second kappa shape index (κ2) is 7.46. The molecule has 1 fully saturated rings. The maximum atomic E-state index is 11.8. The lowest BCUT2D eigenvalue weighted by molar-refractivity contribution is 0.0697. The van der Waals surface area contributed by atoms with Gasteiger partial charge < -0.3 is 15.7 Å². The van der Waals surface area contributed by atoms with Gasteiger partial charge in [-0.15, -0.1) is 0 Å². The maximum absolute atomic E-state index is 11.8. The summed E-state index contributed by atoms with van der Waals surface area (Å²) in [5.41, 5.74) is 1.07. The molecule has 0 radical (unpaired) electrons. The largest absolute Gasteiger partial charge is 0.478 e. The van der Waals surface area contributed by atoms with Gasteiger partial charge in [-0.1, -0.05) is 12.1 Å². The molecule has 22 heavy (non-hydrogen) atoms. The fourth-order valence-corrected chi connectivity index (χ4v) is 2.70. The zero-order chi connectivity index (χ0) is 15.9. The zero-order valence-corrected chi connectivity index (χ0v) is 12.2. The molecule has 1 saturated carbocycles. The van der Waals surface area contributed by atoms with E-state index in [4.69, 9.17) is 10.4 Å². The number of nitriles is 1. The second-order valence-electron chi connectivity index (χ2n) is 5.57. The lowest BCUT2D eigenvalue weighted by atomic mass is 10.1. The fourth-order valence-electron chi connectivity index (χ4n) is 2.70. The number of nitrogens with one attached hydrogen (secondary N) is 2. The minimum atomic E-state index is -0.967. The Balaban J connectivity index is 1.74. The summed E-state index contributed by atoms with van der Waals surface area (Å²) in [6.07, 6.45) is 3.30. The highest BCUT2D eigenvalue weighted by Gasteiger charge is 2.25. The number of carboxylic acids is 1. The molecule has 116 valence electrons. The lowest BCUT2D eigenvalue weighted by Gasteiger charge is -2.13. The molecule has 2 rings (SSSR count). The van der Waals surface area contributed by atoms with Crippen molar-refractivity contribution < 1.29 is 14.7 Å². The number of nitrogens with zero attached hydrogens (tertiary/aromatic N) is 1. The first-order valence-electron chi connectivity index (χ1n) is 7.32. The summed E-state index contributed by atoms with van der Waals surface area (Å²) in [5.74, 6) is -0.579. The van der Waals surface area contributed by atoms with E-state index in [1.54, 1.807) is 12.1 Å². The number of carbonyl (C=O) groups excluding carboxylic acids is 1. The number of carbonyl (C=O) groups is 2. The highest BCUT2D eigenvalue weighted by atomic mass is 16.4. The first-order valence-corrected chi connectivity index (χ1v) is 7.32. The Morgan fingerprint density at radius 2 is 2.00 bits per heavy atom. The van der Waals surface area contributed by atoms with Gasteiger partial charge in [-0.05, 0) is 42.9 Å². The Labute approximate surface area is 129 Å². The Bertz CT molecular complexity index is 577. The van der Waals surface area contributed by atoms with Crippen LogP contribution in [-0.2, 0) is 6.54 Å². The van der Waals surface area contributed by atoms with Crippen molar-refractivity contribution in [3.8, 4) is 6.07 Å². The van der Waals surface area contributed by atoms with Crippen LogP contribution in [0.1, 0.15) is 41.6 Å². The molecular formula is C16H19N3O3. The molecule has 0 aromatic heterocycles. The molecule has 6 nitrogen and oxygen atoms in total. The summed E-state index contributed by atoms with van der Waals surface area (Å²) in [4.78, 5) is 22.6. The molecule has 0 saturated heterocycles. The SMILES string of the molecule is N#CC[C@@H]1CC[C@H](NC(=O)NCc2ccc(C(=O)O)cc2)C1. The summed E-state index contributed by atoms with van der Waals surface area (Å²) < 4.78 is 0. The van der Waals surface area contributed by atoms with Crippen molar-refractivity contribution in [2.24, 2.45) is 5.92 Å². The summed E-state index contributed by atoms with van der Waals surface area (Å²) >= 11 is 0. The Morgan fingerprint density at radius 1 is 1.27 bits per heavy atom. The van der Waals surface area contributed by atoms with Gasteiger partial charge >= 0.3 is 12.0 Å². The summed E-state index contributed by atoms with van der Waals surface area (Å²) in [5, 5.41) is 23.2. The number of hydrogen-bond acceptors (Lipinski definition) is 3. The Morgan fingerprint density at radius 3 is 2.64 bits per heavy atom. The van der Waals surface area contributed by atoms with Crippen molar-refractivity contribution >= 4 is 12.0 Å². The van der Waals surface area contributed by atoms with Gasteiger partial charge in [0.15, 0.2) is 0 Å². The highest BCUT2D eigenvalue weighted by molar-refractivity contribution is 5.87. The number of amides is 2. The molecule has 1 aliphatic rings. The van der Waals surface area contributed by atoms with Gasteiger partial charge in [0.25, 0.3) is 0 Å². The molecule has 6 heteroatoms. The van der Waals surface area contributed by atoms with Gasteiger partial charge in [0.2, 0.25) is 0 Å². The molecule has 1 aromatic carbocycles. The van der Waals surface area contributed by atoms with Gasteiger partial charge in [-0.3, -0.25) is 0 Å². The number of aromatic carboxylic acids is 1. The lowest BCUT2D eigenvalue weighted by Crippen LogP contribution is -2.40. The van der Waals surface area contributed by atoms with Crippen LogP contribution < -0.4 is 10.6 Å². The first-order chi connectivity index (χ1) is 10.6. The Hall–Kier alpha value is -2.55. The molecular weight excluding hydrogens is 282 g/mol. The minimum Gasteiger partial charge on any atom is -0.478 e. The first kappa shape index (κ1) is 15.8. The highest BCUT2D eigenvalue weighted by Crippen LogP contribution is 2.27. The van der Waals surface area contributed by atoms with E-state index in [0.717, 1.165) is 24.8 Å². The molecule has 0 heterocycles. The van der Waals surface area contributed by atoms with E-state index in [1.807, 2.05) is 0 Å². The minimum absolute atomic E-state index is 0.132. The van der Waals surface area contributed by atoms with Crippen LogP contribution in [0.25, 0.3) is 0 Å². The van der Waals surface area contributed by atoms with Gasteiger partial charge in [0.1, 0.15) is 0 Å². The van der Waals surface area contributed by atoms with E-state index in [0.29, 0.717) is 18.9 Å². The third-order valence-corrected chi connectivity index (χ3v) is 3.91. The van der Waals surface area contributed by atoms with Crippen LogP contribution >= 0.6 is 0 Å². The van der Waals surface area contributed by atoms with Crippen LogP contribution in [0, 0.1) is 17.2 Å². The van der Waals surface area contributed by atoms with E-state index < -0.39 is 5.97 Å². The number of rotatable bonds is 5. The molecule has 1 aliphatic carbocycles. The van der Waals surface area contributed by atoms with Crippen LogP contribution in [-0.4, -0.2) is 23.1 Å². The van der Waals surface area contributed by atoms with Gasteiger partial charge in [0.05, 0.1) is 11.6 Å². The van der Waals surface area contributed by atoms with Crippen LogP contribution in [0.4, 0.5) is 4.79 Å². The quantitative estimate of drug-likeness (QED) is 0.776. The molecule has 0 spiro atoms. The van der Waals surface area contributed by atoms with Crippen LogP contribution in [0.2, 0.25) is 0 Å². The maximum Gasteiger partial charge on any atom is 0.335 e. The van der Waals surface area contributed by atoms with Crippen molar-refractivity contribution in [1.82, 2.24) is 10.6 Å². The van der Waals surface area contributed by atoms with E-state index >= 15 is 0 Å². The molecule has 0 unspecified atom stereocenters. The molecule has 2 amide bonds. The summed E-state index contributed by atoms with van der Waals surface area (Å²) in [7, 11) is 0. The van der Waals surface area contributed by atoms with E-state index in [9.17, 15) is 9.59 Å². The van der Waals surface area contributed by atoms with E-state index in [1.165, 1.54) is 12.1 Å². The summed E-state index contributed by atoms with van der Waals surface area (Å²) in [6, 6.07) is 8.47. The van der Waals surface area contributed by atoms with Gasteiger partial charge in [-0.25, -0.2) is 9.59 Å². The number of hydrogen-bond donors (Lipinski definition) is 3. The third-order valence-electron chi connectivity index (χ3n) is 3.91. The molecule has 3 N–H and O–H groups in total. The number of benzene rings is 1. The van der Waals surface area contributed by atoms with Crippen molar-refractivity contribution in [1.29, 1.82) is 5.26 Å². The standard InChI is InChI=1S/C16H19N3O3/c17-8-7-11-3-6-14(9-11)19-16(22)18-10-12-1-4-13(5-2-12)15(20)21/h1-2,4-5,11,14H,3,6-7,9-10H2,(H,20,21)(H2,18,19,22)/t11-,14-/m0/s1. The van der Waals surface area contributed by atoms with E-state index in [-0.39, 0.29) is 17.6 Å². The van der Waals surface area contributed by atoms with Crippen LogP contribution in [0.15, 0.2) is 24.3 Å². The summed E-state index contributed by atoms with van der Waals surface area (Å²) in [6.45, 7) is 0.347. The average Bonchev–Trinajstić information content (AvgIpc) is 2.93. The molecule has 1 aromatic rings. The molecule has 0 bridgehead atoms. The topological polar surface area (TPSA) is 102 Å². The van der Waals surface area contributed by atoms with Crippen molar-refractivity contribution in [3.05, 3.63) is 35.4 Å². The van der Waals surface area contributed by atoms with E-state index in [2.05, 4.69) is 16.7 Å². The second-order valence-corrected chi connectivity index (χ2v) is 5.57. The number of urea groups is 1. The predicted octanol–water partition coefficient (Wildman–Crippen LogP) is 2.27. The van der Waals surface area contributed by atoms with Crippen molar-refractivity contribution in [3.63, 3.8) is 0 Å². The molecule has 0 aliphatic heterocycles. The zero-order valence-electron chi connectivity index (χ0n) is 12.2. The van der Waals surface area contributed by atoms with Crippen molar-refractivity contribution in [2.75, 3.05) is 0 Å². The Kier molecular flexibility index (Phi) is 5.37. The normalized spacial score (nSPS) is 20.1. The van der Waals surface area contributed by atoms with Crippen molar-refractivity contribution in [2.45, 2.75) is 38.3 Å². The smallest absolute Gasteiger partial charge is 0.335 e. The average molecular weight is 301 g/mol. The monoisotopic (exact) mass is 301 g/mol. The van der Waals surface area contributed by atoms with Crippen LogP contribution in [0.3, 0.4) is 0 Å². The number of carboxylic acid groups (broad SMARTS) is 1. The fraction of sp³-hybridized carbons (Fsp3) is 0.438. The van der Waals surface area contributed by atoms with Gasteiger partial charge in [-0.2, -0.15) is 5.26 Å². The third kappa shape index (κ3) is 4.48. The molecule has 2 atom stereocenters. The van der Waals surface area contributed by atoms with Gasteiger partial charge in [0, 0.05) is 19.0 Å². The predicted molar refractivity (Wildman–Crippen MR) is 80.1 cm³/mol.